The topological polar surface area (TPSA) is 48.4 Å². The third kappa shape index (κ3) is 3.22. The van der Waals surface area contributed by atoms with Crippen LogP contribution in [0.4, 0.5) is 0 Å². The van der Waals surface area contributed by atoms with Crippen molar-refractivity contribution in [2.75, 3.05) is 20.0 Å². The van der Waals surface area contributed by atoms with Crippen LogP contribution in [0.15, 0.2) is 35.5 Å². The molecular weight excluding hydrogens is 274 g/mol. The van der Waals surface area contributed by atoms with Crippen LogP contribution in [0.25, 0.3) is 10.8 Å². The van der Waals surface area contributed by atoms with Gasteiger partial charge in [-0.05, 0) is 23.6 Å². The number of benzene rings is 1. The van der Waals surface area contributed by atoms with Crippen LogP contribution in [0.3, 0.4) is 0 Å². The van der Waals surface area contributed by atoms with Gasteiger partial charge in [-0.15, -0.1) is 11.8 Å². The van der Waals surface area contributed by atoms with E-state index in [0.717, 1.165) is 21.5 Å². The van der Waals surface area contributed by atoms with Crippen molar-refractivity contribution in [1.82, 2.24) is 4.98 Å². The van der Waals surface area contributed by atoms with Crippen LogP contribution < -0.4 is 4.74 Å². The van der Waals surface area contributed by atoms with E-state index in [9.17, 15) is 4.79 Å². The smallest absolute Gasteiger partial charge is 0.309 e. The minimum absolute atomic E-state index is 0.160. The average molecular weight is 291 g/mol. The highest BCUT2D eigenvalue weighted by atomic mass is 32.2. The van der Waals surface area contributed by atoms with Gasteiger partial charge in [0.2, 0.25) is 0 Å². The largest absolute Gasteiger partial charge is 0.497 e. The zero-order valence-electron chi connectivity index (χ0n) is 11.8. The molecule has 20 heavy (non-hydrogen) atoms. The summed E-state index contributed by atoms with van der Waals surface area (Å²) < 4.78 is 9.98. The Morgan fingerprint density at radius 2 is 2.15 bits per heavy atom. The van der Waals surface area contributed by atoms with Crippen LogP contribution >= 0.6 is 11.8 Å². The summed E-state index contributed by atoms with van der Waals surface area (Å²) in [6.45, 7) is 1.85. The molecule has 0 amide bonds. The van der Waals surface area contributed by atoms with E-state index in [4.69, 9.17) is 9.47 Å². The van der Waals surface area contributed by atoms with E-state index in [0.29, 0.717) is 5.75 Å². The van der Waals surface area contributed by atoms with Gasteiger partial charge < -0.3 is 9.47 Å². The fourth-order valence-corrected chi connectivity index (χ4v) is 2.85. The van der Waals surface area contributed by atoms with Crippen molar-refractivity contribution in [3.63, 3.8) is 0 Å². The number of rotatable bonds is 5. The SMILES string of the molecule is COC(=O)C(C)CSc1nccc2ccc(OC)cc12. The standard InChI is InChI=1S/C15H17NO3S/c1-10(15(17)19-3)9-20-14-13-8-12(18-2)5-4-11(13)6-7-16-14/h4-8,10H,9H2,1-3H3. The molecule has 0 aliphatic rings. The molecule has 2 rings (SSSR count). The minimum Gasteiger partial charge on any atom is -0.497 e. The lowest BCUT2D eigenvalue weighted by atomic mass is 10.2. The number of ether oxygens (including phenoxy) is 2. The monoisotopic (exact) mass is 291 g/mol. The van der Waals surface area contributed by atoms with Gasteiger partial charge in [0.1, 0.15) is 10.8 Å². The van der Waals surface area contributed by atoms with Gasteiger partial charge in [0.25, 0.3) is 0 Å². The van der Waals surface area contributed by atoms with E-state index in [1.165, 1.54) is 7.11 Å². The summed E-state index contributed by atoms with van der Waals surface area (Å²) >= 11 is 1.55. The van der Waals surface area contributed by atoms with Gasteiger partial charge in [0, 0.05) is 17.3 Å². The van der Waals surface area contributed by atoms with E-state index in [1.54, 1.807) is 25.1 Å². The van der Waals surface area contributed by atoms with Crippen molar-refractivity contribution in [2.24, 2.45) is 5.92 Å². The Hall–Kier alpha value is -1.75. The van der Waals surface area contributed by atoms with Gasteiger partial charge in [0.15, 0.2) is 0 Å². The van der Waals surface area contributed by atoms with E-state index >= 15 is 0 Å². The Labute approximate surface area is 122 Å². The normalized spacial score (nSPS) is 12.2. The highest BCUT2D eigenvalue weighted by molar-refractivity contribution is 7.99. The summed E-state index contributed by atoms with van der Waals surface area (Å²) in [6, 6.07) is 7.85. The number of pyridine rings is 1. The lowest BCUT2D eigenvalue weighted by Gasteiger charge is -2.10. The van der Waals surface area contributed by atoms with E-state index in [2.05, 4.69) is 4.98 Å². The van der Waals surface area contributed by atoms with Crippen molar-refractivity contribution in [2.45, 2.75) is 11.9 Å². The summed E-state index contributed by atoms with van der Waals surface area (Å²) in [6.07, 6.45) is 1.78. The molecule has 1 aromatic carbocycles. The number of thioether (sulfide) groups is 1. The Kier molecular flexibility index (Phi) is 4.84. The fourth-order valence-electron chi connectivity index (χ4n) is 1.84. The van der Waals surface area contributed by atoms with Gasteiger partial charge in [-0.1, -0.05) is 13.0 Å². The maximum absolute atomic E-state index is 11.4. The Morgan fingerprint density at radius 1 is 1.35 bits per heavy atom. The summed E-state index contributed by atoms with van der Waals surface area (Å²) in [5.74, 6) is 1.08. The van der Waals surface area contributed by atoms with Crippen molar-refractivity contribution in [3.8, 4) is 5.75 Å². The third-order valence-corrected chi connectivity index (χ3v) is 4.28. The number of carbonyl (C=O) groups is 1. The highest BCUT2D eigenvalue weighted by Gasteiger charge is 2.14. The number of hydrogen-bond acceptors (Lipinski definition) is 5. The lowest BCUT2D eigenvalue weighted by Crippen LogP contribution is -2.14. The molecule has 1 heterocycles. The van der Waals surface area contributed by atoms with Crippen molar-refractivity contribution < 1.29 is 14.3 Å². The first-order chi connectivity index (χ1) is 9.65. The van der Waals surface area contributed by atoms with Gasteiger partial charge in [-0.2, -0.15) is 0 Å². The van der Waals surface area contributed by atoms with Gasteiger partial charge in [-0.3, -0.25) is 4.79 Å². The maximum Gasteiger partial charge on any atom is 0.309 e. The molecule has 4 nitrogen and oxygen atoms in total. The number of aromatic nitrogens is 1. The zero-order chi connectivity index (χ0) is 14.5. The molecule has 0 spiro atoms. The van der Waals surface area contributed by atoms with Crippen LogP contribution in [0.5, 0.6) is 5.75 Å². The summed E-state index contributed by atoms with van der Waals surface area (Å²) in [5.41, 5.74) is 0. The first-order valence-electron chi connectivity index (χ1n) is 6.29. The van der Waals surface area contributed by atoms with Crippen molar-refractivity contribution >= 4 is 28.5 Å². The van der Waals surface area contributed by atoms with Gasteiger partial charge >= 0.3 is 5.97 Å². The molecule has 1 atom stereocenters. The summed E-state index contributed by atoms with van der Waals surface area (Å²) in [5, 5.41) is 3.04. The Balaban J connectivity index is 2.23. The molecule has 0 N–H and O–H groups in total. The summed E-state index contributed by atoms with van der Waals surface area (Å²) in [4.78, 5) is 15.8. The first-order valence-corrected chi connectivity index (χ1v) is 7.27. The van der Waals surface area contributed by atoms with Crippen LogP contribution in [-0.2, 0) is 9.53 Å². The molecule has 0 radical (unpaired) electrons. The van der Waals surface area contributed by atoms with Crippen LogP contribution in [-0.4, -0.2) is 30.9 Å². The first kappa shape index (κ1) is 14.7. The van der Waals surface area contributed by atoms with Crippen molar-refractivity contribution in [1.29, 1.82) is 0 Å². The second kappa shape index (κ2) is 6.61. The molecule has 1 aromatic heterocycles. The van der Waals surface area contributed by atoms with Gasteiger partial charge in [0.05, 0.1) is 20.1 Å². The van der Waals surface area contributed by atoms with Crippen LogP contribution in [0.2, 0.25) is 0 Å². The molecule has 2 aromatic rings. The lowest BCUT2D eigenvalue weighted by molar-refractivity contribution is -0.143. The Bertz CT molecular complexity index is 615. The Morgan fingerprint density at radius 3 is 2.85 bits per heavy atom. The number of nitrogens with zero attached hydrogens (tertiary/aromatic N) is 1. The molecule has 5 heteroatoms. The van der Waals surface area contributed by atoms with Crippen LogP contribution in [0, 0.1) is 5.92 Å². The molecule has 0 bridgehead atoms. The molecule has 0 saturated heterocycles. The van der Waals surface area contributed by atoms with E-state index in [1.807, 2.05) is 31.2 Å². The number of fused-ring (bicyclic) bond motifs is 1. The number of esters is 1. The van der Waals surface area contributed by atoms with E-state index in [-0.39, 0.29) is 11.9 Å². The average Bonchev–Trinajstić information content (AvgIpc) is 2.51. The van der Waals surface area contributed by atoms with E-state index < -0.39 is 0 Å². The molecule has 0 fully saturated rings. The molecular formula is C15H17NO3S. The third-order valence-electron chi connectivity index (χ3n) is 3.01. The predicted molar refractivity (Wildman–Crippen MR) is 80.2 cm³/mol. The number of hydrogen-bond donors (Lipinski definition) is 0. The fraction of sp³-hybridized carbons (Fsp3) is 0.333. The quantitative estimate of drug-likeness (QED) is 0.625. The second-order valence-electron chi connectivity index (χ2n) is 4.44. The van der Waals surface area contributed by atoms with Crippen molar-refractivity contribution in [3.05, 3.63) is 30.5 Å². The molecule has 0 aliphatic carbocycles. The summed E-state index contributed by atoms with van der Waals surface area (Å²) in [7, 11) is 3.05. The molecule has 0 aliphatic heterocycles. The number of carbonyl (C=O) groups excluding carboxylic acids is 1. The van der Waals surface area contributed by atoms with Crippen LogP contribution in [0.1, 0.15) is 6.92 Å². The predicted octanol–water partition coefficient (Wildman–Crippen LogP) is 3.14. The maximum atomic E-state index is 11.4. The number of methoxy groups -OCH3 is 2. The zero-order valence-corrected chi connectivity index (χ0v) is 12.6. The van der Waals surface area contributed by atoms with Gasteiger partial charge in [-0.25, -0.2) is 4.98 Å². The molecule has 0 saturated carbocycles. The molecule has 106 valence electrons. The highest BCUT2D eigenvalue weighted by Crippen LogP contribution is 2.29. The molecule has 1 unspecified atom stereocenters. The second-order valence-corrected chi connectivity index (χ2v) is 5.45. The minimum atomic E-state index is -0.199.